The number of nitrogens with zero attached hydrogens (tertiary/aromatic N) is 4. The second-order valence-corrected chi connectivity index (χ2v) is 28.7. The van der Waals surface area contributed by atoms with Crippen LogP contribution < -0.4 is 0 Å². The molecule has 0 bridgehead atoms. The number of hydrogen-bond acceptors (Lipinski definition) is 16. The Morgan fingerprint density at radius 2 is 1.38 bits per heavy atom. The summed E-state index contributed by atoms with van der Waals surface area (Å²) >= 11 is 12.5. The second-order valence-electron chi connectivity index (χ2n) is 27.8. The molecule has 2 aliphatic carbocycles. The summed E-state index contributed by atoms with van der Waals surface area (Å²) in [6.07, 6.45) is 17.4. The van der Waals surface area contributed by atoms with Gasteiger partial charge in [0.2, 0.25) is 11.8 Å². The Balaban J connectivity index is 0.000000232. The van der Waals surface area contributed by atoms with E-state index >= 15 is 0 Å². The van der Waals surface area contributed by atoms with Crippen LogP contribution >= 0.6 is 23.2 Å². The highest BCUT2D eigenvalue weighted by Crippen LogP contribution is 2.59. The minimum Gasteiger partial charge on any atom is -0.469 e. The first-order chi connectivity index (χ1) is 42.6. The number of hydrogen-bond donors (Lipinski definition) is 0. The van der Waals surface area contributed by atoms with Crippen LogP contribution in [0.1, 0.15) is 181 Å². The van der Waals surface area contributed by atoms with Crippen molar-refractivity contribution in [3.63, 3.8) is 0 Å². The molecule has 0 unspecified atom stereocenters. The molecule has 20 heteroatoms. The maximum atomic E-state index is 14.4. The van der Waals surface area contributed by atoms with Gasteiger partial charge in [0, 0.05) is 71.5 Å². The van der Waals surface area contributed by atoms with Crippen LogP contribution in [-0.4, -0.2) is 130 Å². The Morgan fingerprint density at radius 3 is 1.96 bits per heavy atom. The van der Waals surface area contributed by atoms with Crippen LogP contribution in [0.15, 0.2) is 96.3 Å². The van der Waals surface area contributed by atoms with E-state index in [1.807, 2.05) is 42.5 Å². The van der Waals surface area contributed by atoms with Gasteiger partial charge >= 0.3 is 23.9 Å². The van der Waals surface area contributed by atoms with E-state index in [0.717, 1.165) is 62.5 Å². The zero-order valence-electron chi connectivity index (χ0n) is 53.6. The van der Waals surface area contributed by atoms with Crippen molar-refractivity contribution in [3.8, 4) is 0 Å². The van der Waals surface area contributed by atoms with Crippen molar-refractivity contribution in [1.82, 2.24) is 9.80 Å². The lowest BCUT2D eigenvalue weighted by Gasteiger charge is -2.29. The van der Waals surface area contributed by atoms with Crippen LogP contribution in [0.2, 0.25) is 10.0 Å². The third kappa shape index (κ3) is 16.9. The number of Topliss-reactive ketones (excluding diaryl/α,β-unsaturated/α-hetero) is 2. The van der Waals surface area contributed by atoms with Crippen molar-refractivity contribution in [1.29, 1.82) is 0 Å². The number of ether oxygens (including phenoxy) is 4. The molecule has 2 saturated carbocycles. The lowest BCUT2D eigenvalue weighted by atomic mass is 9.87. The van der Waals surface area contributed by atoms with E-state index in [-0.39, 0.29) is 86.8 Å². The fourth-order valence-corrected chi connectivity index (χ4v) is 14.1. The number of amides is 2. The van der Waals surface area contributed by atoms with Gasteiger partial charge in [0.15, 0.2) is 22.8 Å². The highest BCUT2D eigenvalue weighted by atomic mass is 35.5. The number of fused-ring (bicyclic) bond motifs is 2. The van der Waals surface area contributed by atoms with Crippen LogP contribution in [0, 0.1) is 34.5 Å². The number of methoxy groups -OCH3 is 2. The van der Waals surface area contributed by atoms with Gasteiger partial charge in [-0.2, -0.15) is 0 Å². The van der Waals surface area contributed by atoms with Crippen molar-refractivity contribution in [2.24, 2.45) is 44.8 Å². The molecule has 4 fully saturated rings. The van der Waals surface area contributed by atoms with E-state index in [1.54, 1.807) is 75.6 Å². The number of allylic oxidation sites excluding steroid dienone is 4. The molecule has 2 saturated heterocycles. The predicted octanol–water partition coefficient (Wildman–Crippen LogP) is 12.4. The Hall–Kier alpha value is -6.66. The number of ketones is 2. The largest absolute Gasteiger partial charge is 0.469 e. The zero-order chi connectivity index (χ0) is 65.4. The molecule has 10 atom stereocenters. The lowest BCUT2D eigenvalue weighted by Crippen LogP contribution is -2.46. The summed E-state index contributed by atoms with van der Waals surface area (Å²) in [6.45, 7) is 18.6. The summed E-state index contributed by atoms with van der Waals surface area (Å²) < 4.78 is 21.4. The number of unbranched alkanes of at least 4 members (excludes halogenated alkanes) is 3. The molecule has 5 heterocycles. The number of carbonyl (C=O) groups excluding carboxylic acids is 8. The number of rotatable bonds is 19. The van der Waals surface area contributed by atoms with Crippen LogP contribution in [0.5, 0.6) is 0 Å². The van der Waals surface area contributed by atoms with Crippen LogP contribution in [0.3, 0.4) is 0 Å². The standard InChI is InChI=1S/C36H47ClN2O7.C34H43ClN2O7/c1-7-9-10-11-12-14-25(18-31(41)45-34(3,4)5)32(42)39-23-35(20-28(38-46-35)24-15-13-16-27(37)17-24)21-29(39)30(40)22-36(33(43)44-6)19-26(36)8-2;1-32(2,3)43-29(39)16-23-11-8-6-5-7-9-13-24-17-34(24,31(41)42-4)20-28(38)27-19-33(21-37(27)30(23)40)18-26(36-44-33)22-12-10-14-25(35)15-22/h7-8,13,15-17,25-26,29H,1-2,9-12,14,18-23H2,3-6H3;9-10,12-15,23-24,27H,5-8,11,16-21H2,1-4H3/b;13-9-/t25-,26-,29+,35-,36-;23-,24-,27+,33-,34-/m11/s1. The van der Waals surface area contributed by atoms with Gasteiger partial charge in [-0.25, -0.2) is 0 Å². The first-order valence-corrected chi connectivity index (χ1v) is 32.6. The molecule has 2 spiro atoms. The molecular weight excluding hydrogens is 1190 g/mol. The van der Waals surface area contributed by atoms with Gasteiger partial charge in [-0.1, -0.05) is 108 Å². The van der Waals surface area contributed by atoms with Crippen molar-refractivity contribution >= 4 is 81.9 Å². The van der Waals surface area contributed by atoms with Crippen LogP contribution in [0.4, 0.5) is 0 Å². The summed E-state index contributed by atoms with van der Waals surface area (Å²) in [5.41, 5.74) is -2.16. The Kier molecular flexibility index (Phi) is 22.2. The average Bonchev–Trinajstić information content (AvgIpc) is 1.59. The van der Waals surface area contributed by atoms with E-state index in [2.05, 4.69) is 29.5 Å². The van der Waals surface area contributed by atoms with Gasteiger partial charge in [0.1, 0.15) is 11.2 Å². The molecule has 0 radical (unpaired) electrons. The van der Waals surface area contributed by atoms with Crippen molar-refractivity contribution in [2.45, 2.75) is 204 Å². The topological polar surface area (TPSA) is 223 Å². The van der Waals surface area contributed by atoms with Gasteiger partial charge in [-0.05, 0) is 129 Å². The molecule has 0 aromatic heterocycles. The molecule has 488 valence electrons. The van der Waals surface area contributed by atoms with Crippen LogP contribution in [0.25, 0.3) is 0 Å². The van der Waals surface area contributed by atoms with Gasteiger partial charge < -0.3 is 38.4 Å². The molecule has 7 aliphatic rings. The third-order valence-corrected chi connectivity index (χ3v) is 18.9. The summed E-state index contributed by atoms with van der Waals surface area (Å²) in [5.74, 6) is -4.37. The van der Waals surface area contributed by atoms with Crippen molar-refractivity contribution in [2.75, 3.05) is 27.3 Å². The number of esters is 4. The summed E-state index contributed by atoms with van der Waals surface area (Å²) in [5, 5.41) is 9.88. The second kappa shape index (κ2) is 28.9. The quantitative estimate of drug-likeness (QED) is 0.0552. The predicted molar refractivity (Wildman–Crippen MR) is 341 cm³/mol. The van der Waals surface area contributed by atoms with E-state index in [1.165, 1.54) is 14.2 Å². The smallest absolute Gasteiger partial charge is 0.312 e. The van der Waals surface area contributed by atoms with Crippen molar-refractivity contribution in [3.05, 3.63) is 107 Å². The van der Waals surface area contributed by atoms with Gasteiger partial charge in [-0.15, -0.1) is 13.2 Å². The van der Waals surface area contributed by atoms with Crippen LogP contribution in [-0.2, 0) is 67.0 Å². The zero-order valence-corrected chi connectivity index (χ0v) is 55.1. The maximum absolute atomic E-state index is 14.4. The minimum absolute atomic E-state index is 0.0298. The normalized spacial score (nSPS) is 28.6. The molecule has 2 aromatic rings. The van der Waals surface area contributed by atoms with E-state index in [4.69, 9.17) is 51.8 Å². The van der Waals surface area contributed by atoms with Crippen molar-refractivity contribution < 1.29 is 67.0 Å². The summed E-state index contributed by atoms with van der Waals surface area (Å²) in [7, 11) is 2.66. The van der Waals surface area contributed by atoms with Gasteiger partial charge in [0.05, 0.1) is 74.5 Å². The SMILES string of the molecule is C=CCCCCC[C@H](CC(=O)OC(C)(C)C)C(=O)N1C[C@@]2(CC(c3cccc(Cl)c3)=NO2)C[C@H]1C(=O)C[C@]1(C(=O)OC)C[C@H]1C=C.COC(=O)[C@]12CC(=O)[C@@H]3C[C@]4(CC(c5cccc(Cl)c5)=NO4)CN3C(=O)[C@@H](CC(=O)OC(C)(C)C)CCCCC/C=C\[C@@H]1C2. The maximum Gasteiger partial charge on any atom is 0.312 e. The summed E-state index contributed by atoms with van der Waals surface area (Å²) in [4.78, 5) is 124. The molecule has 0 N–H and O–H groups in total. The molecule has 2 amide bonds. The fourth-order valence-electron chi connectivity index (χ4n) is 13.7. The number of oxime groups is 2. The number of benzene rings is 2. The molecule has 9 rings (SSSR count). The van der Waals surface area contributed by atoms with E-state index in [9.17, 15) is 38.4 Å². The van der Waals surface area contributed by atoms with Gasteiger partial charge in [-0.3, -0.25) is 38.4 Å². The molecular formula is C70H90Cl2N4O14. The number of carbonyl (C=O) groups is 8. The average molecular weight is 1280 g/mol. The first kappa shape index (κ1) is 69.2. The highest BCUT2D eigenvalue weighted by Gasteiger charge is 2.64. The molecule has 2 aromatic carbocycles. The fraction of sp³-hybridized carbons (Fsp3) is 0.600. The first-order valence-electron chi connectivity index (χ1n) is 31.8. The highest BCUT2D eigenvalue weighted by molar-refractivity contribution is 6.31. The Bertz CT molecular complexity index is 3160. The molecule has 5 aliphatic heterocycles. The molecule has 18 nitrogen and oxygen atoms in total. The Morgan fingerprint density at radius 1 is 0.756 bits per heavy atom. The minimum atomic E-state index is -0.988. The number of likely N-dealkylation sites (tertiary alicyclic amines) is 1. The Labute approximate surface area is 539 Å². The summed E-state index contributed by atoms with van der Waals surface area (Å²) in [6, 6.07) is 12.9. The number of halogens is 2. The monoisotopic (exact) mass is 1280 g/mol. The third-order valence-electron chi connectivity index (χ3n) is 18.4. The van der Waals surface area contributed by atoms with E-state index < -0.39 is 81.0 Å². The molecule has 90 heavy (non-hydrogen) atoms. The van der Waals surface area contributed by atoms with Gasteiger partial charge in [0.25, 0.3) is 0 Å². The lowest BCUT2D eigenvalue weighted by molar-refractivity contribution is -0.159. The van der Waals surface area contributed by atoms with E-state index in [0.29, 0.717) is 60.0 Å².